The average molecular weight is 527 g/mol. The van der Waals surface area contributed by atoms with Crippen molar-refractivity contribution in [1.29, 1.82) is 0 Å². The summed E-state index contributed by atoms with van der Waals surface area (Å²) in [6, 6.07) is 26.7. The number of hydrogen-bond acceptors (Lipinski definition) is 4. The average Bonchev–Trinajstić information content (AvgIpc) is 3.36. The Morgan fingerprint density at radius 2 is 1.50 bits per heavy atom. The number of rotatable bonds is 4. The van der Waals surface area contributed by atoms with E-state index in [1.54, 1.807) is 12.1 Å². The number of para-hydroxylation sites is 2. The maximum Gasteiger partial charge on any atom is 0.231 e. The standard InChI is InChI=1S/C36H34N2O2/c1-21(2)23-19-29-22(3)14-15-37-33(29)30(20-23)25-16-24(17-26(18-25)36(4,5)6)27-11-9-13-32-34(27)38-35(40-32)28-10-7-8-12-31(28)39/h7-21,39H,1-6H3. The van der Waals surface area contributed by atoms with Gasteiger partial charge in [0, 0.05) is 22.7 Å². The second kappa shape index (κ2) is 9.63. The van der Waals surface area contributed by atoms with E-state index < -0.39 is 0 Å². The van der Waals surface area contributed by atoms with Crippen molar-refractivity contribution in [3.05, 3.63) is 102 Å². The van der Waals surface area contributed by atoms with Gasteiger partial charge in [-0.15, -0.1) is 0 Å². The molecule has 4 heteroatoms. The molecule has 0 amide bonds. The van der Waals surface area contributed by atoms with Crippen LogP contribution in [-0.4, -0.2) is 15.1 Å². The van der Waals surface area contributed by atoms with Crippen LogP contribution in [0.1, 0.15) is 57.2 Å². The maximum atomic E-state index is 10.4. The maximum absolute atomic E-state index is 10.4. The predicted octanol–water partition coefficient (Wildman–Crippen LogP) is 9.81. The minimum atomic E-state index is -0.0712. The summed E-state index contributed by atoms with van der Waals surface area (Å²) in [4.78, 5) is 9.73. The van der Waals surface area contributed by atoms with E-state index >= 15 is 0 Å². The zero-order valence-corrected chi connectivity index (χ0v) is 23.9. The fourth-order valence-electron chi connectivity index (χ4n) is 5.29. The second-order valence-corrected chi connectivity index (χ2v) is 12.0. The van der Waals surface area contributed by atoms with Crippen LogP contribution >= 0.6 is 0 Å². The lowest BCUT2D eigenvalue weighted by molar-refractivity contribution is 0.474. The Bertz CT molecular complexity index is 1890. The van der Waals surface area contributed by atoms with Crippen LogP contribution in [0, 0.1) is 6.92 Å². The van der Waals surface area contributed by atoms with Crippen LogP contribution < -0.4 is 0 Å². The quantitative estimate of drug-likeness (QED) is 0.248. The van der Waals surface area contributed by atoms with E-state index in [4.69, 9.17) is 14.4 Å². The topological polar surface area (TPSA) is 59.2 Å². The molecule has 0 unspecified atom stereocenters. The Morgan fingerprint density at radius 1 is 0.775 bits per heavy atom. The molecule has 2 heterocycles. The highest BCUT2D eigenvalue weighted by Crippen LogP contribution is 2.40. The van der Waals surface area contributed by atoms with Crippen LogP contribution in [0.2, 0.25) is 0 Å². The largest absolute Gasteiger partial charge is 0.507 e. The minimum Gasteiger partial charge on any atom is -0.507 e. The normalized spacial score (nSPS) is 12.1. The Hall–Kier alpha value is -4.44. The van der Waals surface area contributed by atoms with Crippen LogP contribution in [0.4, 0.5) is 0 Å². The van der Waals surface area contributed by atoms with E-state index in [2.05, 4.69) is 84.0 Å². The molecule has 4 aromatic carbocycles. The van der Waals surface area contributed by atoms with Crippen molar-refractivity contribution < 1.29 is 9.52 Å². The van der Waals surface area contributed by atoms with Gasteiger partial charge >= 0.3 is 0 Å². The molecule has 6 rings (SSSR count). The lowest BCUT2D eigenvalue weighted by Crippen LogP contribution is -2.11. The number of phenols is 1. The molecule has 200 valence electrons. The van der Waals surface area contributed by atoms with E-state index in [1.807, 2.05) is 30.5 Å². The van der Waals surface area contributed by atoms with E-state index in [-0.39, 0.29) is 11.2 Å². The number of oxazole rings is 1. The number of aryl methyl sites for hydroxylation is 1. The number of aromatic nitrogens is 2. The Morgan fingerprint density at radius 3 is 2.23 bits per heavy atom. The summed E-state index contributed by atoms with van der Waals surface area (Å²) < 4.78 is 6.14. The molecule has 40 heavy (non-hydrogen) atoms. The monoisotopic (exact) mass is 526 g/mol. The van der Waals surface area contributed by atoms with Crippen LogP contribution in [-0.2, 0) is 5.41 Å². The van der Waals surface area contributed by atoms with Crippen molar-refractivity contribution in [3.8, 4) is 39.5 Å². The second-order valence-electron chi connectivity index (χ2n) is 12.0. The molecule has 0 fully saturated rings. The first-order valence-corrected chi connectivity index (χ1v) is 13.8. The molecule has 0 radical (unpaired) electrons. The molecule has 0 spiro atoms. The van der Waals surface area contributed by atoms with Crippen molar-refractivity contribution in [2.45, 2.75) is 52.9 Å². The molecule has 0 atom stereocenters. The summed E-state index contributed by atoms with van der Waals surface area (Å²) in [5.74, 6) is 0.945. The molecule has 6 aromatic rings. The van der Waals surface area contributed by atoms with Gasteiger partial charge in [-0.2, -0.15) is 0 Å². The SMILES string of the molecule is Cc1ccnc2c(-c3cc(-c4cccc5oc(-c6ccccc6O)nc45)cc(C(C)(C)C)c3)cc(C(C)C)cc12. The van der Waals surface area contributed by atoms with E-state index in [9.17, 15) is 5.11 Å². The summed E-state index contributed by atoms with van der Waals surface area (Å²) in [7, 11) is 0. The first-order chi connectivity index (χ1) is 19.1. The van der Waals surface area contributed by atoms with Crippen molar-refractivity contribution in [2.24, 2.45) is 0 Å². The number of nitrogens with zero attached hydrogens (tertiary/aromatic N) is 2. The Labute approximate surface area is 235 Å². The van der Waals surface area contributed by atoms with E-state index in [1.165, 1.54) is 22.1 Å². The van der Waals surface area contributed by atoms with Crippen molar-refractivity contribution in [1.82, 2.24) is 9.97 Å². The molecule has 0 aliphatic heterocycles. The van der Waals surface area contributed by atoms with Gasteiger partial charge < -0.3 is 9.52 Å². The molecule has 4 nitrogen and oxygen atoms in total. The lowest BCUT2D eigenvalue weighted by atomic mass is 9.82. The lowest BCUT2D eigenvalue weighted by Gasteiger charge is -2.22. The number of pyridine rings is 1. The van der Waals surface area contributed by atoms with E-state index in [0.29, 0.717) is 23.0 Å². The molecule has 0 bridgehead atoms. The molecule has 0 aliphatic rings. The highest BCUT2D eigenvalue weighted by molar-refractivity contribution is 5.98. The fraction of sp³-hybridized carbons (Fsp3) is 0.222. The number of aromatic hydroxyl groups is 1. The van der Waals surface area contributed by atoms with Crippen molar-refractivity contribution >= 4 is 22.0 Å². The fourth-order valence-corrected chi connectivity index (χ4v) is 5.29. The Kier molecular flexibility index (Phi) is 6.22. The van der Waals surface area contributed by atoms with Gasteiger partial charge in [0.05, 0.1) is 11.1 Å². The molecular weight excluding hydrogens is 492 g/mol. The number of hydrogen-bond donors (Lipinski definition) is 1. The van der Waals surface area contributed by atoms with Crippen molar-refractivity contribution in [2.75, 3.05) is 0 Å². The van der Waals surface area contributed by atoms with Gasteiger partial charge in [-0.1, -0.05) is 71.0 Å². The molecule has 1 N–H and O–H groups in total. The number of benzene rings is 4. The summed E-state index contributed by atoms with van der Waals surface area (Å²) >= 11 is 0. The summed E-state index contributed by atoms with van der Waals surface area (Å²) in [5, 5.41) is 11.6. The third-order valence-electron chi connectivity index (χ3n) is 7.73. The van der Waals surface area contributed by atoms with Crippen molar-refractivity contribution in [3.63, 3.8) is 0 Å². The van der Waals surface area contributed by atoms with Gasteiger partial charge in [0.25, 0.3) is 0 Å². The zero-order valence-electron chi connectivity index (χ0n) is 23.9. The van der Waals surface area contributed by atoms with Gasteiger partial charge in [-0.05, 0) is 88.5 Å². The molecule has 0 saturated carbocycles. The first-order valence-electron chi connectivity index (χ1n) is 13.8. The van der Waals surface area contributed by atoms with Crippen LogP contribution in [0.25, 0.3) is 55.7 Å². The minimum absolute atomic E-state index is 0.0712. The third kappa shape index (κ3) is 4.54. The van der Waals surface area contributed by atoms with E-state index in [0.717, 1.165) is 33.3 Å². The molecular formula is C36H34N2O2. The smallest absolute Gasteiger partial charge is 0.231 e. The number of fused-ring (bicyclic) bond motifs is 2. The van der Waals surface area contributed by atoms with Gasteiger partial charge in [0.1, 0.15) is 11.3 Å². The third-order valence-corrected chi connectivity index (χ3v) is 7.73. The highest BCUT2D eigenvalue weighted by atomic mass is 16.3. The molecule has 2 aromatic heterocycles. The Balaban J connectivity index is 1.62. The van der Waals surface area contributed by atoms with Crippen LogP contribution in [0.5, 0.6) is 5.75 Å². The van der Waals surface area contributed by atoms with Gasteiger partial charge in [0.15, 0.2) is 5.58 Å². The highest BCUT2D eigenvalue weighted by Gasteiger charge is 2.21. The van der Waals surface area contributed by atoms with Gasteiger partial charge in [0.2, 0.25) is 5.89 Å². The van der Waals surface area contributed by atoms with Gasteiger partial charge in [-0.25, -0.2) is 4.98 Å². The predicted molar refractivity (Wildman–Crippen MR) is 165 cm³/mol. The summed E-state index contributed by atoms with van der Waals surface area (Å²) in [6.45, 7) is 13.4. The summed E-state index contributed by atoms with van der Waals surface area (Å²) in [5.41, 5.74) is 11.1. The molecule has 0 saturated heterocycles. The zero-order chi connectivity index (χ0) is 28.2. The van der Waals surface area contributed by atoms with Gasteiger partial charge in [-0.3, -0.25) is 4.98 Å². The molecule has 0 aliphatic carbocycles. The first kappa shape index (κ1) is 25.8. The van der Waals surface area contributed by atoms with Crippen LogP contribution in [0.3, 0.4) is 0 Å². The van der Waals surface area contributed by atoms with Crippen LogP contribution in [0.15, 0.2) is 89.5 Å². The summed E-state index contributed by atoms with van der Waals surface area (Å²) in [6.07, 6.45) is 1.90. The number of phenolic OH excluding ortho intramolecular Hbond substituents is 1.